The molecule has 0 radical (unpaired) electrons. The van der Waals surface area contributed by atoms with Crippen molar-refractivity contribution in [1.82, 2.24) is 9.55 Å². The van der Waals surface area contributed by atoms with Gasteiger partial charge in [-0.1, -0.05) is 0 Å². The van der Waals surface area contributed by atoms with Crippen molar-refractivity contribution in [2.24, 2.45) is 0 Å². The summed E-state index contributed by atoms with van der Waals surface area (Å²) in [5.74, 6) is -2.90. The molecule has 3 atom stereocenters. The molecule has 2 rings (SSSR count). The van der Waals surface area contributed by atoms with Crippen LogP contribution in [0.1, 0.15) is 33.4 Å². The zero-order valence-corrected chi connectivity index (χ0v) is 17.9. The summed E-state index contributed by atoms with van der Waals surface area (Å²) in [5.41, 5.74) is -2.45. The van der Waals surface area contributed by atoms with Crippen molar-refractivity contribution >= 4 is 23.7 Å². The van der Waals surface area contributed by atoms with Crippen LogP contribution in [-0.2, 0) is 33.3 Å². The van der Waals surface area contributed by atoms with Gasteiger partial charge in [-0.3, -0.25) is 14.2 Å². The van der Waals surface area contributed by atoms with Crippen LogP contribution >= 0.6 is 0 Å². The average Bonchev–Trinajstić information content (AvgIpc) is 3.07. The SMILES string of the molecule is CCOC(=O)/C=C(/Nc1ccn(C2CC(OC(C)=O)C(COC(C)=O)O2)c(=O)n1)C(F)(F)F. The smallest absolute Gasteiger partial charge is 0.431 e. The van der Waals surface area contributed by atoms with Crippen molar-refractivity contribution in [2.75, 3.05) is 18.5 Å². The molecule has 0 bridgehead atoms. The number of halogens is 3. The molecule has 1 N–H and O–H groups in total. The second-order valence-electron chi connectivity index (χ2n) is 6.75. The Hall–Kier alpha value is -3.42. The lowest BCUT2D eigenvalue weighted by atomic mass is 10.2. The van der Waals surface area contributed by atoms with E-state index in [2.05, 4.69) is 9.72 Å². The lowest BCUT2D eigenvalue weighted by Gasteiger charge is -2.18. The summed E-state index contributed by atoms with van der Waals surface area (Å²) in [4.78, 5) is 49.8. The van der Waals surface area contributed by atoms with Gasteiger partial charge < -0.3 is 24.3 Å². The predicted molar refractivity (Wildman–Crippen MR) is 104 cm³/mol. The third-order valence-corrected chi connectivity index (χ3v) is 4.21. The van der Waals surface area contributed by atoms with E-state index in [0.717, 1.165) is 16.8 Å². The summed E-state index contributed by atoms with van der Waals surface area (Å²) >= 11 is 0. The summed E-state index contributed by atoms with van der Waals surface area (Å²) in [6, 6.07) is 1.07. The molecule has 1 saturated heterocycles. The van der Waals surface area contributed by atoms with Crippen LogP contribution in [0.3, 0.4) is 0 Å². The maximum atomic E-state index is 13.2. The Morgan fingerprint density at radius 2 is 1.97 bits per heavy atom. The number of carbonyl (C=O) groups is 3. The molecule has 2 heterocycles. The van der Waals surface area contributed by atoms with Crippen molar-refractivity contribution in [3.63, 3.8) is 0 Å². The summed E-state index contributed by atoms with van der Waals surface area (Å²) < 4.78 is 60.7. The quantitative estimate of drug-likeness (QED) is 0.333. The van der Waals surface area contributed by atoms with Crippen LogP contribution in [0.5, 0.6) is 0 Å². The number of anilines is 1. The normalized spacial score (nSPS) is 20.8. The summed E-state index contributed by atoms with van der Waals surface area (Å²) in [6.07, 6.45) is -6.28. The number of allylic oxidation sites excluding steroid dienone is 1. The fourth-order valence-corrected chi connectivity index (χ4v) is 2.89. The van der Waals surface area contributed by atoms with E-state index in [4.69, 9.17) is 14.2 Å². The van der Waals surface area contributed by atoms with Crippen LogP contribution < -0.4 is 11.0 Å². The summed E-state index contributed by atoms with van der Waals surface area (Å²) in [7, 11) is 0. The van der Waals surface area contributed by atoms with Gasteiger partial charge in [0.05, 0.1) is 12.7 Å². The lowest BCUT2D eigenvalue weighted by Crippen LogP contribution is -2.31. The molecule has 1 aromatic heterocycles. The van der Waals surface area contributed by atoms with Gasteiger partial charge in [-0.15, -0.1) is 0 Å². The number of nitrogens with zero attached hydrogens (tertiary/aromatic N) is 2. The molecule has 14 heteroatoms. The molecule has 11 nitrogen and oxygen atoms in total. The molecule has 3 unspecified atom stereocenters. The van der Waals surface area contributed by atoms with E-state index in [9.17, 15) is 32.3 Å². The molecule has 0 saturated carbocycles. The second-order valence-corrected chi connectivity index (χ2v) is 6.75. The summed E-state index contributed by atoms with van der Waals surface area (Å²) in [6.45, 7) is 3.43. The molecule has 0 spiro atoms. The Morgan fingerprint density at radius 1 is 1.27 bits per heavy atom. The number of ether oxygens (including phenoxy) is 4. The molecular weight excluding hydrogens is 455 g/mol. The molecule has 182 valence electrons. The largest absolute Gasteiger partial charge is 0.463 e. The van der Waals surface area contributed by atoms with Gasteiger partial charge in [0.15, 0.2) is 0 Å². The van der Waals surface area contributed by atoms with E-state index >= 15 is 0 Å². The zero-order valence-electron chi connectivity index (χ0n) is 17.9. The van der Waals surface area contributed by atoms with Gasteiger partial charge in [0.25, 0.3) is 0 Å². The molecule has 0 amide bonds. The van der Waals surface area contributed by atoms with Crippen LogP contribution in [0.25, 0.3) is 0 Å². The first-order valence-electron chi connectivity index (χ1n) is 9.68. The molecule has 0 aliphatic carbocycles. The summed E-state index contributed by atoms with van der Waals surface area (Å²) in [5, 5.41) is 1.89. The van der Waals surface area contributed by atoms with Crippen molar-refractivity contribution in [3.8, 4) is 0 Å². The Labute approximate surface area is 185 Å². The number of alkyl halides is 3. The first-order chi connectivity index (χ1) is 15.4. The monoisotopic (exact) mass is 477 g/mol. The number of carbonyl (C=O) groups excluding carboxylic acids is 3. The van der Waals surface area contributed by atoms with E-state index in [0.29, 0.717) is 0 Å². The molecule has 1 fully saturated rings. The highest BCUT2D eigenvalue weighted by Crippen LogP contribution is 2.31. The number of nitrogens with one attached hydrogen (secondary N) is 1. The average molecular weight is 477 g/mol. The van der Waals surface area contributed by atoms with Gasteiger partial charge in [0.2, 0.25) is 0 Å². The van der Waals surface area contributed by atoms with E-state index in [1.165, 1.54) is 20.8 Å². The molecule has 1 aliphatic rings. The van der Waals surface area contributed by atoms with E-state index in [1.54, 1.807) is 0 Å². The lowest BCUT2D eigenvalue weighted by molar-refractivity contribution is -0.155. The van der Waals surface area contributed by atoms with Crippen LogP contribution in [0.2, 0.25) is 0 Å². The number of hydrogen-bond donors (Lipinski definition) is 1. The van der Waals surface area contributed by atoms with Crippen molar-refractivity contribution < 1.29 is 46.5 Å². The third-order valence-electron chi connectivity index (χ3n) is 4.21. The first-order valence-corrected chi connectivity index (χ1v) is 9.68. The van der Waals surface area contributed by atoms with Gasteiger partial charge in [-0.2, -0.15) is 18.2 Å². The molecule has 1 aliphatic heterocycles. The fourth-order valence-electron chi connectivity index (χ4n) is 2.89. The zero-order chi connectivity index (χ0) is 24.8. The molecule has 1 aromatic rings. The number of aromatic nitrogens is 2. The van der Waals surface area contributed by atoms with E-state index < -0.39 is 59.7 Å². The van der Waals surface area contributed by atoms with Crippen LogP contribution in [-0.4, -0.2) is 59.1 Å². The molecule has 0 aromatic carbocycles. The van der Waals surface area contributed by atoms with E-state index in [1.807, 2.05) is 5.32 Å². The Bertz CT molecular complexity index is 976. The van der Waals surface area contributed by atoms with Crippen molar-refractivity contribution in [1.29, 1.82) is 0 Å². The topological polar surface area (TPSA) is 135 Å². The fraction of sp³-hybridized carbons (Fsp3) is 0.526. The van der Waals surface area contributed by atoms with Crippen molar-refractivity contribution in [3.05, 3.63) is 34.5 Å². The Balaban J connectivity index is 2.22. The van der Waals surface area contributed by atoms with Crippen LogP contribution in [0, 0.1) is 0 Å². The molecular formula is C19H22F3N3O8. The van der Waals surface area contributed by atoms with Gasteiger partial charge in [-0.25, -0.2) is 9.59 Å². The second kappa shape index (κ2) is 10.9. The number of esters is 3. The van der Waals surface area contributed by atoms with Gasteiger partial charge in [0, 0.05) is 26.5 Å². The minimum atomic E-state index is -4.95. The molecule has 33 heavy (non-hydrogen) atoms. The minimum Gasteiger partial charge on any atom is -0.463 e. The maximum absolute atomic E-state index is 13.2. The highest BCUT2D eigenvalue weighted by molar-refractivity contribution is 5.83. The Kier molecular flexibility index (Phi) is 8.56. The highest BCUT2D eigenvalue weighted by atomic mass is 19.4. The van der Waals surface area contributed by atoms with Gasteiger partial charge in [0.1, 0.15) is 36.6 Å². The van der Waals surface area contributed by atoms with Crippen molar-refractivity contribution in [2.45, 2.75) is 51.8 Å². The minimum absolute atomic E-state index is 0.0104. The van der Waals surface area contributed by atoms with Gasteiger partial charge >= 0.3 is 29.8 Å². The Morgan fingerprint density at radius 3 is 2.52 bits per heavy atom. The maximum Gasteiger partial charge on any atom is 0.431 e. The highest BCUT2D eigenvalue weighted by Gasteiger charge is 2.40. The number of hydrogen-bond acceptors (Lipinski definition) is 10. The standard InChI is InChI=1S/C19H22F3N3O8/c1-4-30-17(28)8-14(19(20,21)22)23-15-5-6-25(18(29)24-15)16-7-12(32-11(3)27)13(33-16)9-31-10(2)26/h5-6,8,12-13,16H,4,7,9H2,1-3H3,(H,23,24,29)/b14-8+. The van der Waals surface area contributed by atoms with Crippen LogP contribution in [0.4, 0.5) is 19.0 Å². The first kappa shape index (κ1) is 25.8. The van der Waals surface area contributed by atoms with E-state index in [-0.39, 0.29) is 25.7 Å². The van der Waals surface area contributed by atoms with Gasteiger partial charge in [-0.05, 0) is 13.0 Å². The van der Waals surface area contributed by atoms with Crippen LogP contribution in [0.15, 0.2) is 28.8 Å². The third kappa shape index (κ3) is 7.59. The predicted octanol–water partition coefficient (Wildman–Crippen LogP) is 1.45. The number of rotatable bonds is 8.